The first-order chi connectivity index (χ1) is 9.67. The molecule has 0 aromatic heterocycles. The maximum atomic E-state index is 5.83. The molecule has 6 heteroatoms. The number of nitrogens with zero attached hydrogens (tertiary/aromatic N) is 1. The van der Waals surface area contributed by atoms with E-state index in [1.807, 2.05) is 31.2 Å². The minimum Gasteiger partial charge on any atom is -0.489 e. The average Bonchev–Trinajstić information content (AvgIpc) is 2.44. The van der Waals surface area contributed by atoms with Crippen molar-refractivity contribution in [1.29, 1.82) is 0 Å². The summed E-state index contributed by atoms with van der Waals surface area (Å²) in [5, 5.41) is 3.06. The molecule has 0 fully saturated rings. The maximum absolute atomic E-state index is 5.83. The third-order valence-corrected chi connectivity index (χ3v) is 2.56. The summed E-state index contributed by atoms with van der Waals surface area (Å²) < 4.78 is 10.6. The van der Waals surface area contributed by atoms with Crippen LogP contribution in [0.2, 0.25) is 0 Å². The third kappa shape index (κ3) is 7.91. The van der Waals surface area contributed by atoms with E-state index in [1.54, 1.807) is 13.2 Å². The van der Waals surface area contributed by atoms with Crippen LogP contribution in [0.5, 0.6) is 5.75 Å². The van der Waals surface area contributed by atoms with Crippen LogP contribution < -0.4 is 15.8 Å². The lowest BCUT2D eigenvalue weighted by molar-refractivity contribution is 0.179. The van der Waals surface area contributed by atoms with E-state index in [1.165, 1.54) is 0 Å². The Bertz CT molecular complexity index is 452. The van der Waals surface area contributed by atoms with Crippen LogP contribution in [0.4, 0.5) is 0 Å². The highest BCUT2D eigenvalue weighted by Crippen LogP contribution is 2.18. The number of rotatable bonds is 8. The smallest absolute Gasteiger partial charge is 0.189 e. The van der Waals surface area contributed by atoms with Crippen LogP contribution in [0.25, 0.3) is 0 Å². The standard InChI is InChI=1S/C15H23N3O2.HI/c1-4-9-20-14-8-6-5-7-13(14)10-17-15(16)18-12(2)11-19-3;/h4-8,12H,1,9-11H2,2-3H3,(H3,16,17,18);1H. The number of para-hydroxylation sites is 1. The molecule has 0 saturated heterocycles. The molecule has 0 aliphatic carbocycles. The van der Waals surface area contributed by atoms with Crippen LogP contribution in [0, 0.1) is 0 Å². The van der Waals surface area contributed by atoms with Gasteiger partial charge in [0.25, 0.3) is 0 Å². The Morgan fingerprint density at radius 3 is 2.86 bits per heavy atom. The fourth-order valence-corrected chi connectivity index (χ4v) is 1.68. The number of hydrogen-bond donors (Lipinski definition) is 2. The van der Waals surface area contributed by atoms with Crippen molar-refractivity contribution in [3.05, 3.63) is 42.5 Å². The van der Waals surface area contributed by atoms with Crippen molar-refractivity contribution in [2.75, 3.05) is 20.3 Å². The number of nitrogens with two attached hydrogens (primary N) is 1. The van der Waals surface area contributed by atoms with E-state index >= 15 is 0 Å². The summed E-state index contributed by atoms with van der Waals surface area (Å²) in [4.78, 5) is 4.31. The summed E-state index contributed by atoms with van der Waals surface area (Å²) >= 11 is 0. The summed E-state index contributed by atoms with van der Waals surface area (Å²) in [6.07, 6.45) is 1.71. The Kier molecular flexibility index (Phi) is 10.7. The molecule has 1 atom stereocenters. The van der Waals surface area contributed by atoms with Gasteiger partial charge in [0.1, 0.15) is 12.4 Å². The first-order valence-corrected chi connectivity index (χ1v) is 6.54. The predicted octanol–water partition coefficient (Wildman–Crippen LogP) is 2.31. The van der Waals surface area contributed by atoms with Gasteiger partial charge < -0.3 is 20.5 Å². The second-order valence-electron chi connectivity index (χ2n) is 4.41. The summed E-state index contributed by atoms with van der Waals surface area (Å²) in [7, 11) is 1.65. The van der Waals surface area contributed by atoms with Gasteiger partial charge in [0.15, 0.2) is 5.96 Å². The van der Waals surface area contributed by atoms with Gasteiger partial charge in [-0.05, 0) is 13.0 Å². The molecule has 0 spiro atoms. The van der Waals surface area contributed by atoms with Crippen LogP contribution in [0.15, 0.2) is 41.9 Å². The molecule has 0 bridgehead atoms. The lowest BCUT2D eigenvalue weighted by Gasteiger charge is -2.13. The number of benzene rings is 1. The molecule has 5 nitrogen and oxygen atoms in total. The van der Waals surface area contributed by atoms with Crippen molar-refractivity contribution in [1.82, 2.24) is 5.32 Å². The largest absolute Gasteiger partial charge is 0.489 e. The van der Waals surface area contributed by atoms with Crippen molar-refractivity contribution in [3.8, 4) is 5.75 Å². The lowest BCUT2D eigenvalue weighted by atomic mass is 10.2. The number of methoxy groups -OCH3 is 1. The van der Waals surface area contributed by atoms with Gasteiger partial charge in [0.05, 0.1) is 13.2 Å². The molecule has 21 heavy (non-hydrogen) atoms. The lowest BCUT2D eigenvalue weighted by Crippen LogP contribution is -2.40. The fraction of sp³-hybridized carbons (Fsp3) is 0.400. The van der Waals surface area contributed by atoms with E-state index in [9.17, 15) is 0 Å². The molecule has 0 aliphatic heterocycles. The van der Waals surface area contributed by atoms with Gasteiger partial charge in [-0.15, -0.1) is 24.0 Å². The predicted molar refractivity (Wildman–Crippen MR) is 97.3 cm³/mol. The number of ether oxygens (including phenoxy) is 2. The van der Waals surface area contributed by atoms with Crippen molar-refractivity contribution < 1.29 is 9.47 Å². The van der Waals surface area contributed by atoms with Crippen LogP contribution in [0.3, 0.4) is 0 Å². The van der Waals surface area contributed by atoms with Crippen molar-refractivity contribution in [2.45, 2.75) is 19.5 Å². The zero-order chi connectivity index (χ0) is 14.8. The van der Waals surface area contributed by atoms with Gasteiger partial charge in [0, 0.05) is 18.7 Å². The first-order valence-electron chi connectivity index (χ1n) is 6.54. The number of nitrogens with one attached hydrogen (secondary N) is 1. The van der Waals surface area contributed by atoms with Gasteiger partial charge in [0.2, 0.25) is 0 Å². The van der Waals surface area contributed by atoms with E-state index in [0.29, 0.717) is 25.7 Å². The third-order valence-electron chi connectivity index (χ3n) is 2.56. The van der Waals surface area contributed by atoms with E-state index in [4.69, 9.17) is 15.2 Å². The zero-order valence-electron chi connectivity index (χ0n) is 12.5. The van der Waals surface area contributed by atoms with Gasteiger partial charge >= 0.3 is 0 Å². The first kappa shape index (κ1) is 19.7. The molecule has 1 aromatic rings. The summed E-state index contributed by atoms with van der Waals surface area (Å²) in [5.41, 5.74) is 6.81. The van der Waals surface area contributed by atoms with E-state index < -0.39 is 0 Å². The van der Waals surface area contributed by atoms with Crippen LogP contribution in [-0.4, -0.2) is 32.3 Å². The Morgan fingerprint density at radius 1 is 1.48 bits per heavy atom. The molecule has 1 rings (SSSR count). The minimum absolute atomic E-state index is 0. The number of halogens is 1. The molecule has 0 saturated carbocycles. The topological polar surface area (TPSA) is 68.9 Å². The van der Waals surface area contributed by atoms with E-state index in [0.717, 1.165) is 11.3 Å². The molecular formula is C15H24IN3O2. The minimum atomic E-state index is 0. The molecule has 0 radical (unpaired) electrons. The van der Waals surface area contributed by atoms with Gasteiger partial charge in [-0.1, -0.05) is 30.9 Å². The summed E-state index contributed by atoms with van der Waals surface area (Å²) in [6.45, 7) is 7.13. The highest BCUT2D eigenvalue weighted by atomic mass is 127. The summed E-state index contributed by atoms with van der Waals surface area (Å²) in [6, 6.07) is 7.87. The molecule has 1 aromatic carbocycles. The number of hydrogen-bond acceptors (Lipinski definition) is 3. The monoisotopic (exact) mass is 405 g/mol. The Balaban J connectivity index is 0.00000400. The molecule has 0 amide bonds. The number of guanidine groups is 1. The normalized spacial score (nSPS) is 12.2. The highest BCUT2D eigenvalue weighted by Gasteiger charge is 2.04. The van der Waals surface area contributed by atoms with Gasteiger partial charge in [-0.3, -0.25) is 0 Å². The Morgan fingerprint density at radius 2 is 2.19 bits per heavy atom. The second kappa shape index (κ2) is 11.4. The molecule has 3 N–H and O–H groups in total. The van der Waals surface area contributed by atoms with Gasteiger partial charge in [-0.2, -0.15) is 0 Å². The van der Waals surface area contributed by atoms with Crippen molar-refractivity contribution >= 4 is 29.9 Å². The Hall–Kier alpha value is -1.28. The SMILES string of the molecule is C=CCOc1ccccc1CN=C(N)NC(C)COC.I. The second-order valence-corrected chi connectivity index (χ2v) is 4.41. The quantitative estimate of drug-likeness (QED) is 0.302. The fourth-order valence-electron chi connectivity index (χ4n) is 1.68. The van der Waals surface area contributed by atoms with E-state index in [2.05, 4.69) is 16.9 Å². The zero-order valence-corrected chi connectivity index (χ0v) is 14.9. The molecule has 1 unspecified atom stereocenters. The highest BCUT2D eigenvalue weighted by molar-refractivity contribution is 14.0. The summed E-state index contributed by atoms with van der Waals surface area (Å²) in [5.74, 6) is 1.20. The van der Waals surface area contributed by atoms with Crippen LogP contribution in [-0.2, 0) is 11.3 Å². The molecule has 0 aliphatic rings. The van der Waals surface area contributed by atoms with E-state index in [-0.39, 0.29) is 30.0 Å². The van der Waals surface area contributed by atoms with Gasteiger partial charge in [-0.25, -0.2) is 4.99 Å². The van der Waals surface area contributed by atoms with Crippen molar-refractivity contribution in [2.24, 2.45) is 10.7 Å². The van der Waals surface area contributed by atoms with Crippen molar-refractivity contribution in [3.63, 3.8) is 0 Å². The maximum Gasteiger partial charge on any atom is 0.189 e. The average molecular weight is 405 g/mol. The number of aliphatic imine (C=N–C) groups is 1. The molecule has 0 heterocycles. The van der Waals surface area contributed by atoms with Crippen LogP contribution >= 0.6 is 24.0 Å². The molecule has 118 valence electrons. The Labute approximate surface area is 143 Å². The molecular weight excluding hydrogens is 381 g/mol. The van der Waals surface area contributed by atoms with Crippen LogP contribution in [0.1, 0.15) is 12.5 Å².